The summed E-state index contributed by atoms with van der Waals surface area (Å²) in [5.41, 5.74) is 2.68. The van der Waals surface area contributed by atoms with Gasteiger partial charge in [0, 0.05) is 5.41 Å². The summed E-state index contributed by atoms with van der Waals surface area (Å²) in [5.74, 6) is 0.0191. The van der Waals surface area contributed by atoms with Gasteiger partial charge in [0.25, 0.3) is 0 Å². The van der Waals surface area contributed by atoms with Crippen molar-refractivity contribution < 1.29 is 9.53 Å². The van der Waals surface area contributed by atoms with Crippen molar-refractivity contribution in [1.82, 2.24) is 0 Å². The van der Waals surface area contributed by atoms with E-state index in [2.05, 4.69) is 38.1 Å². The Morgan fingerprint density at radius 2 is 1.94 bits per heavy atom. The van der Waals surface area contributed by atoms with Crippen LogP contribution < -0.4 is 0 Å². The normalized spacial score (nSPS) is 30.1. The van der Waals surface area contributed by atoms with E-state index in [1.54, 1.807) is 0 Å². The molecule has 0 amide bonds. The van der Waals surface area contributed by atoms with Gasteiger partial charge in [-0.3, -0.25) is 4.79 Å². The Morgan fingerprint density at radius 3 is 2.71 bits per heavy atom. The number of carbonyl (C=O) groups excluding carboxylic acids is 1. The molecule has 17 heavy (non-hydrogen) atoms. The fourth-order valence-electron chi connectivity index (χ4n) is 3.19. The number of aryl methyl sites for hydroxylation is 1. The number of ether oxygens (including phenoxy) is 1. The van der Waals surface area contributed by atoms with Crippen molar-refractivity contribution in [3.8, 4) is 0 Å². The van der Waals surface area contributed by atoms with Crippen LogP contribution >= 0.6 is 0 Å². The molecule has 0 radical (unpaired) electrons. The van der Waals surface area contributed by atoms with Crippen molar-refractivity contribution in [2.45, 2.75) is 39.2 Å². The molecule has 1 fully saturated rings. The number of rotatable bonds is 0. The van der Waals surface area contributed by atoms with Crippen LogP contribution in [0.15, 0.2) is 24.3 Å². The molecule has 2 bridgehead atoms. The van der Waals surface area contributed by atoms with E-state index in [4.69, 9.17) is 4.74 Å². The quantitative estimate of drug-likeness (QED) is 0.641. The van der Waals surface area contributed by atoms with E-state index in [1.807, 2.05) is 0 Å². The van der Waals surface area contributed by atoms with Crippen LogP contribution in [0, 0.1) is 11.3 Å². The number of hydrogen-bond donors (Lipinski definition) is 0. The van der Waals surface area contributed by atoms with Crippen LogP contribution in [0.2, 0.25) is 0 Å². The van der Waals surface area contributed by atoms with Gasteiger partial charge in [0.15, 0.2) is 0 Å². The van der Waals surface area contributed by atoms with Crippen molar-refractivity contribution >= 4 is 5.97 Å². The van der Waals surface area contributed by atoms with Crippen LogP contribution in [-0.4, -0.2) is 12.1 Å². The summed E-state index contributed by atoms with van der Waals surface area (Å²) in [7, 11) is 0. The van der Waals surface area contributed by atoms with Crippen LogP contribution in [0.25, 0.3) is 0 Å². The zero-order valence-electron chi connectivity index (χ0n) is 10.4. The van der Waals surface area contributed by atoms with Crippen LogP contribution in [-0.2, 0) is 22.4 Å². The Bertz CT molecular complexity index is 462. The molecule has 1 aromatic carbocycles. The first-order valence-corrected chi connectivity index (χ1v) is 6.36. The first-order chi connectivity index (χ1) is 8.09. The maximum absolute atomic E-state index is 12.0. The lowest BCUT2D eigenvalue weighted by Crippen LogP contribution is -2.33. The molecule has 2 aliphatic rings. The fraction of sp³-hybridized carbons (Fsp3) is 0.533. The van der Waals surface area contributed by atoms with Gasteiger partial charge in [-0.15, -0.1) is 0 Å². The van der Waals surface area contributed by atoms with Crippen molar-refractivity contribution in [3.63, 3.8) is 0 Å². The summed E-state index contributed by atoms with van der Waals surface area (Å²) in [6.07, 6.45) is 2.89. The molecule has 90 valence electrons. The monoisotopic (exact) mass is 230 g/mol. The van der Waals surface area contributed by atoms with Crippen molar-refractivity contribution in [1.29, 1.82) is 0 Å². The molecule has 1 aliphatic heterocycles. The average Bonchev–Trinajstić information content (AvgIpc) is 2.54. The standard InChI is InChI=1S/C15H18O2/c1-15(2)12-9-11-6-4-3-5-10(11)7-8-13(15)17-14(12)16/h3-6,12-13H,7-9H2,1-2H3. The number of fused-ring (bicyclic) bond motifs is 3. The first kappa shape index (κ1) is 10.8. The fourth-order valence-corrected chi connectivity index (χ4v) is 3.19. The van der Waals surface area contributed by atoms with Gasteiger partial charge in [-0.05, 0) is 30.4 Å². The van der Waals surface area contributed by atoms with Crippen molar-refractivity contribution in [3.05, 3.63) is 35.4 Å². The van der Waals surface area contributed by atoms with Crippen LogP contribution in [0.3, 0.4) is 0 Å². The molecule has 3 rings (SSSR count). The molecule has 2 atom stereocenters. The Labute approximate surface area is 102 Å². The third-order valence-corrected chi connectivity index (χ3v) is 4.49. The second kappa shape index (κ2) is 3.59. The summed E-state index contributed by atoms with van der Waals surface area (Å²) in [5, 5.41) is 0. The molecule has 2 heteroatoms. The number of hydrogen-bond acceptors (Lipinski definition) is 2. The Kier molecular flexibility index (Phi) is 2.29. The van der Waals surface area contributed by atoms with Crippen molar-refractivity contribution in [2.24, 2.45) is 11.3 Å². The van der Waals surface area contributed by atoms with E-state index in [0.717, 1.165) is 19.3 Å². The van der Waals surface area contributed by atoms with Gasteiger partial charge in [0.05, 0.1) is 5.92 Å². The zero-order chi connectivity index (χ0) is 12.0. The third-order valence-electron chi connectivity index (χ3n) is 4.49. The molecular formula is C15H18O2. The number of esters is 1. The van der Waals surface area contributed by atoms with E-state index in [1.165, 1.54) is 11.1 Å². The van der Waals surface area contributed by atoms with E-state index in [-0.39, 0.29) is 23.4 Å². The maximum Gasteiger partial charge on any atom is 0.310 e. The largest absolute Gasteiger partial charge is 0.462 e. The second-order valence-corrected chi connectivity index (χ2v) is 5.81. The van der Waals surface area contributed by atoms with Gasteiger partial charge in [-0.2, -0.15) is 0 Å². The average molecular weight is 230 g/mol. The van der Waals surface area contributed by atoms with E-state index in [0.29, 0.717) is 0 Å². The SMILES string of the molecule is CC1(C)C2CCc3ccccc3CC1C(=O)O2. The van der Waals surface area contributed by atoms with E-state index in [9.17, 15) is 4.79 Å². The minimum absolute atomic E-state index is 0.00305. The van der Waals surface area contributed by atoms with Crippen LogP contribution in [0.5, 0.6) is 0 Å². The Morgan fingerprint density at radius 1 is 1.24 bits per heavy atom. The minimum atomic E-state index is -0.0232. The summed E-state index contributed by atoms with van der Waals surface area (Å²) >= 11 is 0. The van der Waals surface area contributed by atoms with Gasteiger partial charge in [0.1, 0.15) is 6.10 Å². The van der Waals surface area contributed by atoms with Gasteiger partial charge in [0.2, 0.25) is 0 Å². The first-order valence-electron chi connectivity index (χ1n) is 6.36. The third kappa shape index (κ3) is 1.58. The zero-order valence-corrected chi connectivity index (χ0v) is 10.4. The topological polar surface area (TPSA) is 26.3 Å². The van der Waals surface area contributed by atoms with Crippen molar-refractivity contribution in [2.75, 3.05) is 0 Å². The molecular weight excluding hydrogens is 212 g/mol. The Balaban J connectivity index is 2.04. The van der Waals surface area contributed by atoms with Gasteiger partial charge >= 0.3 is 5.97 Å². The highest BCUT2D eigenvalue weighted by Gasteiger charge is 2.51. The van der Waals surface area contributed by atoms with E-state index < -0.39 is 0 Å². The summed E-state index contributed by atoms with van der Waals surface area (Å²) in [6.45, 7) is 4.34. The molecule has 2 nitrogen and oxygen atoms in total. The van der Waals surface area contributed by atoms with Gasteiger partial charge in [-0.1, -0.05) is 38.1 Å². The van der Waals surface area contributed by atoms with Crippen LogP contribution in [0.4, 0.5) is 0 Å². The molecule has 1 saturated heterocycles. The van der Waals surface area contributed by atoms with E-state index >= 15 is 0 Å². The minimum Gasteiger partial charge on any atom is -0.462 e. The van der Waals surface area contributed by atoms with Crippen LogP contribution in [0.1, 0.15) is 31.4 Å². The lowest BCUT2D eigenvalue weighted by Gasteiger charge is -2.31. The predicted octanol–water partition coefficient (Wildman–Crippen LogP) is 2.74. The summed E-state index contributed by atoms with van der Waals surface area (Å²) in [6, 6.07) is 8.47. The van der Waals surface area contributed by atoms with Gasteiger partial charge in [-0.25, -0.2) is 0 Å². The second-order valence-electron chi connectivity index (χ2n) is 5.81. The molecule has 2 unspecified atom stereocenters. The number of benzene rings is 1. The molecule has 0 aromatic heterocycles. The lowest BCUT2D eigenvalue weighted by atomic mass is 9.70. The Hall–Kier alpha value is -1.31. The number of carbonyl (C=O) groups is 1. The van der Waals surface area contributed by atoms with Gasteiger partial charge < -0.3 is 4.74 Å². The highest BCUT2D eigenvalue weighted by Crippen LogP contribution is 2.45. The highest BCUT2D eigenvalue weighted by atomic mass is 16.6. The lowest BCUT2D eigenvalue weighted by molar-refractivity contribution is -0.144. The molecule has 1 aromatic rings. The smallest absolute Gasteiger partial charge is 0.310 e. The molecule has 0 spiro atoms. The summed E-state index contributed by atoms with van der Waals surface area (Å²) in [4.78, 5) is 12.0. The summed E-state index contributed by atoms with van der Waals surface area (Å²) < 4.78 is 5.55. The maximum atomic E-state index is 12.0. The molecule has 1 heterocycles. The molecule has 0 N–H and O–H groups in total. The predicted molar refractivity (Wildman–Crippen MR) is 65.6 cm³/mol. The molecule has 0 saturated carbocycles. The molecule has 1 aliphatic carbocycles. The highest BCUT2D eigenvalue weighted by molar-refractivity contribution is 5.76.